The van der Waals surface area contributed by atoms with Gasteiger partial charge in [-0.2, -0.15) is 0 Å². The number of thioether (sulfide) groups is 1. The van der Waals surface area contributed by atoms with Gasteiger partial charge in [0.2, 0.25) is 0 Å². The predicted octanol–water partition coefficient (Wildman–Crippen LogP) is 4.14. The van der Waals surface area contributed by atoms with E-state index in [1.165, 1.54) is 26.0 Å². The van der Waals surface area contributed by atoms with Gasteiger partial charge in [0.15, 0.2) is 0 Å². The van der Waals surface area contributed by atoms with E-state index in [4.69, 9.17) is 14.2 Å². The summed E-state index contributed by atoms with van der Waals surface area (Å²) in [4.78, 5) is 28.5. The van der Waals surface area contributed by atoms with Gasteiger partial charge in [0.05, 0.1) is 37.5 Å². The van der Waals surface area contributed by atoms with Crippen molar-refractivity contribution in [3.8, 4) is 17.2 Å². The predicted molar refractivity (Wildman–Crippen MR) is 115 cm³/mol. The molecule has 6 nitrogen and oxygen atoms in total. The fraction of sp³-hybridized carbons (Fsp3) is 0.273. The van der Waals surface area contributed by atoms with Crippen molar-refractivity contribution in [2.24, 2.45) is 0 Å². The van der Waals surface area contributed by atoms with Crippen LogP contribution in [-0.2, 0) is 9.59 Å². The second kappa shape index (κ2) is 8.61. The summed E-state index contributed by atoms with van der Waals surface area (Å²) in [7, 11) is 4.56. The molecule has 2 aromatic rings. The average molecular weight is 413 g/mol. The Balaban J connectivity index is 2.19. The molecule has 0 bridgehead atoms. The number of nitrogens with zero attached hydrogens (tertiary/aromatic N) is 1. The van der Waals surface area contributed by atoms with Gasteiger partial charge in [-0.1, -0.05) is 32.0 Å². The van der Waals surface area contributed by atoms with E-state index in [1.807, 2.05) is 26.0 Å². The van der Waals surface area contributed by atoms with E-state index in [1.54, 1.807) is 37.4 Å². The van der Waals surface area contributed by atoms with E-state index in [2.05, 4.69) is 0 Å². The zero-order valence-corrected chi connectivity index (χ0v) is 17.8. The second-order valence-corrected chi connectivity index (χ2v) is 8.14. The summed E-state index contributed by atoms with van der Waals surface area (Å²) < 4.78 is 16.1. The Kier molecular flexibility index (Phi) is 6.17. The molecule has 1 heterocycles. The lowest BCUT2D eigenvalue weighted by atomic mass is 10.0. The number of para-hydroxylation sites is 1. The number of anilines is 1. The van der Waals surface area contributed by atoms with E-state index >= 15 is 0 Å². The molecule has 1 aliphatic rings. The van der Waals surface area contributed by atoms with Crippen LogP contribution in [0.3, 0.4) is 0 Å². The minimum absolute atomic E-state index is 0.110. The van der Waals surface area contributed by atoms with Gasteiger partial charge in [0.1, 0.15) is 17.2 Å². The number of rotatable bonds is 7. The standard InChI is InChI=1S/C22H23NO5S/c1-13(2)29-20-19(15-8-6-7-9-17(15)27-4)21(24)23(22(20)25)16-12-14(26-3)10-11-18(16)28-5/h6-13H,1-5H3. The van der Waals surface area contributed by atoms with E-state index < -0.39 is 5.91 Å². The first-order valence-electron chi connectivity index (χ1n) is 9.08. The van der Waals surface area contributed by atoms with Gasteiger partial charge in [-0.15, -0.1) is 11.8 Å². The Hall–Kier alpha value is -2.93. The molecule has 0 aromatic heterocycles. The molecule has 0 unspecified atom stereocenters. The molecular weight excluding hydrogens is 390 g/mol. The van der Waals surface area contributed by atoms with Crippen LogP contribution in [0, 0.1) is 0 Å². The third-order valence-electron chi connectivity index (χ3n) is 4.40. The summed E-state index contributed by atoms with van der Waals surface area (Å²) in [5.41, 5.74) is 1.26. The number of carbonyl (C=O) groups excluding carboxylic acids is 2. The Labute approximate surface area is 174 Å². The van der Waals surface area contributed by atoms with Crippen molar-refractivity contribution in [2.75, 3.05) is 26.2 Å². The number of benzene rings is 2. The Bertz CT molecular complexity index is 983. The molecule has 0 spiro atoms. The molecule has 152 valence electrons. The third-order valence-corrected chi connectivity index (χ3v) is 5.48. The monoisotopic (exact) mass is 413 g/mol. The molecule has 1 aliphatic heterocycles. The Morgan fingerprint density at radius 3 is 2.17 bits per heavy atom. The number of ether oxygens (including phenoxy) is 3. The molecule has 0 atom stereocenters. The highest BCUT2D eigenvalue weighted by Gasteiger charge is 2.42. The third kappa shape index (κ3) is 3.82. The smallest absolute Gasteiger partial charge is 0.272 e. The van der Waals surface area contributed by atoms with Crippen molar-refractivity contribution in [1.29, 1.82) is 0 Å². The van der Waals surface area contributed by atoms with Crippen LogP contribution in [-0.4, -0.2) is 38.4 Å². The Morgan fingerprint density at radius 2 is 1.55 bits per heavy atom. The van der Waals surface area contributed by atoms with Crippen LogP contribution in [0.5, 0.6) is 17.2 Å². The summed E-state index contributed by atoms with van der Waals surface area (Å²) >= 11 is 1.36. The zero-order valence-electron chi connectivity index (χ0n) is 17.0. The van der Waals surface area contributed by atoms with E-state index in [-0.39, 0.29) is 11.2 Å². The minimum Gasteiger partial charge on any atom is -0.497 e. The lowest BCUT2D eigenvalue weighted by Crippen LogP contribution is -2.31. The van der Waals surface area contributed by atoms with Gasteiger partial charge < -0.3 is 14.2 Å². The number of hydrogen-bond acceptors (Lipinski definition) is 6. The molecule has 0 aliphatic carbocycles. The molecule has 0 radical (unpaired) electrons. The molecular formula is C22H23NO5S. The van der Waals surface area contributed by atoms with Crippen molar-refractivity contribution >= 4 is 34.8 Å². The number of methoxy groups -OCH3 is 3. The van der Waals surface area contributed by atoms with Crippen LogP contribution < -0.4 is 19.1 Å². The van der Waals surface area contributed by atoms with Crippen molar-refractivity contribution in [1.82, 2.24) is 0 Å². The summed E-state index contributed by atoms with van der Waals surface area (Å²) in [6.45, 7) is 3.95. The molecule has 29 heavy (non-hydrogen) atoms. The number of hydrogen-bond donors (Lipinski definition) is 0. The van der Waals surface area contributed by atoms with Crippen molar-refractivity contribution < 1.29 is 23.8 Å². The SMILES string of the molecule is COc1ccc(OC)c(N2C(=O)C(SC(C)C)=C(c3ccccc3OC)C2=O)c1. The quantitative estimate of drug-likeness (QED) is 0.636. The van der Waals surface area contributed by atoms with Crippen molar-refractivity contribution in [2.45, 2.75) is 19.1 Å². The molecule has 2 aromatic carbocycles. The lowest BCUT2D eigenvalue weighted by Gasteiger charge is -2.19. The normalized spacial score (nSPS) is 14.1. The van der Waals surface area contributed by atoms with Crippen LogP contribution in [0.2, 0.25) is 0 Å². The van der Waals surface area contributed by atoms with Crippen LogP contribution in [0.15, 0.2) is 47.4 Å². The van der Waals surface area contributed by atoms with Gasteiger partial charge in [-0.25, -0.2) is 4.90 Å². The second-order valence-electron chi connectivity index (χ2n) is 6.55. The number of imide groups is 1. The minimum atomic E-state index is -0.422. The highest BCUT2D eigenvalue weighted by molar-refractivity contribution is 8.04. The average Bonchev–Trinajstić information content (AvgIpc) is 2.96. The fourth-order valence-corrected chi connectivity index (χ4v) is 4.11. The summed E-state index contributed by atoms with van der Waals surface area (Å²) in [6.07, 6.45) is 0. The van der Waals surface area contributed by atoms with Gasteiger partial charge in [-0.3, -0.25) is 9.59 Å². The van der Waals surface area contributed by atoms with Crippen molar-refractivity contribution in [3.63, 3.8) is 0 Å². The molecule has 0 N–H and O–H groups in total. The fourth-order valence-electron chi connectivity index (χ4n) is 3.13. The van der Waals surface area contributed by atoms with E-state index in [0.717, 1.165) is 4.90 Å². The lowest BCUT2D eigenvalue weighted by molar-refractivity contribution is -0.119. The highest BCUT2D eigenvalue weighted by atomic mass is 32.2. The van der Waals surface area contributed by atoms with Gasteiger partial charge >= 0.3 is 0 Å². The van der Waals surface area contributed by atoms with Gasteiger partial charge in [0.25, 0.3) is 11.8 Å². The molecule has 3 rings (SSSR count). The molecule has 0 saturated heterocycles. The summed E-state index contributed by atoms with van der Waals surface area (Å²) in [5, 5.41) is 0.110. The first-order chi connectivity index (χ1) is 13.9. The number of carbonyl (C=O) groups is 2. The first-order valence-corrected chi connectivity index (χ1v) is 9.96. The van der Waals surface area contributed by atoms with E-state index in [0.29, 0.717) is 39.0 Å². The topological polar surface area (TPSA) is 65.1 Å². The first kappa shape index (κ1) is 20.8. The summed E-state index contributed by atoms with van der Waals surface area (Å²) in [5.74, 6) is 0.646. The molecule has 0 saturated carbocycles. The van der Waals surface area contributed by atoms with Gasteiger partial charge in [0, 0.05) is 16.9 Å². The number of amides is 2. The zero-order chi connectivity index (χ0) is 21.1. The Morgan fingerprint density at radius 1 is 0.862 bits per heavy atom. The molecule has 0 fully saturated rings. The van der Waals surface area contributed by atoms with E-state index in [9.17, 15) is 9.59 Å². The van der Waals surface area contributed by atoms with Gasteiger partial charge in [-0.05, 0) is 18.2 Å². The maximum Gasteiger partial charge on any atom is 0.272 e. The molecule has 7 heteroatoms. The van der Waals surface area contributed by atoms with Crippen LogP contribution in [0.4, 0.5) is 5.69 Å². The summed E-state index contributed by atoms with van der Waals surface area (Å²) in [6, 6.07) is 12.2. The van der Waals surface area contributed by atoms with Crippen LogP contribution in [0.25, 0.3) is 5.57 Å². The van der Waals surface area contributed by atoms with Crippen molar-refractivity contribution in [3.05, 3.63) is 52.9 Å². The largest absolute Gasteiger partial charge is 0.497 e. The maximum absolute atomic E-state index is 13.5. The highest BCUT2D eigenvalue weighted by Crippen LogP contribution is 2.44. The van der Waals surface area contributed by atoms with Crippen LogP contribution in [0.1, 0.15) is 19.4 Å². The van der Waals surface area contributed by atoms with Crippen LogP contribution >= 0.6 is 11.8 Å². The maximum atomic E-state index is 13.5. The molecule has 2 amide bonds.